The Morgan fingerprint density at radius 3 is 3.00 bits per heavy atom. The molecule has 1 unspecified atom stereocenters. The van der Waals surface area contributed by atoms with Crippen molar-refractivity contribution in [3.63, 3.8) is 0 Å². The normalized spacial score (nSPS) is 18.0. The summed E-state index contributed by atoms with van der Waals surface area (Å²) in [5, 5.41) is 1.11. The number of carbonyl (C=O) groups excluding carboxylic acids is 1. The predicted octanol–water partition coefficient (Wildman–Crippen LogP) is 2.92. The van der Waals surface area contributed by atoms with Gasteiger partial charge in [-0.15, -0.1) is 11.3 Å². The van der Waals surface area contributed by atoms with Gasteiger partial charge >= 0.3 is 5.76 Å². The summed E-state index contributed by atoms with van der Waals surface area (Å²) < 4.78 is 6.55. The number of likely N-dealkylation sites (tertiary alicyclic amines) is 1. The molecule has 1 aliphatic rings. The van der Waals surface area contributed by atoms with E-state index in [1.165, 1.54) is 9.44 Å². The summed E-state index contributed by atoms with van der Waals surface area (Å²) in [6, 6.07) is 5.15. The lowest BCUT2D eigenvalue weighted by molar-refractivity contribution is 0.0707. The maximum atomic E-state index is 12.9. The van der Waals surface area contributed by atoms with Crippen LogP contribution in [-0.4, -0.2) is 33.4 Å². The van der Waals surface area contributed by atoms with Crippen molar-refractivity contribution >= 4 is 28.3 Å². The monoisotopic (exact) mass is 357 g/mol. The molecule has 25 heavy (non-hydrogen) atoms. The zero-order valence-corrected chi connectivity index (χ0v) is 15.0. The van der Waals surface area contributed by atoms with Crippen LogP contribution in [-0.2, 0) is 7.05 Å². The molecule has 0 aliphatic carbocycles. The number of nitrogens with zero attached hydrogens (tertiary/aromatic N) is 3. The van der Waals surface area contributed by atoms with E-state index in [4.69, 9.17) is 4.42 Å². The van der Waals surface area contributed by atoms with Crippen LogP contribution in [0.15, 0.2) is 33.6 Å². The first kappa shape index (κ1) is 16.1. The predicted molar refractivity (Wildman–Crippen MR) is 96.2 cm³/mol. The van der Waals surface area contributed by atoms with Crippen LogP contribution in [0.25, 0.3) is 11.1 Å². The van der Waals surface area contributed by atoms with Crippen molar-refractivity contribution in [2.75, 3.05) is 13.1 Å². The third kappa shape index (κ3) is 2.89. The summed E-state index contributed by atoms with van der Waals surface area (Å²) in [4.78, 5) is 32.1. The molecule has 3 aromatic rings. The Hall–Kier alpha value is -2.41. The Balaban J connectivity index is 1.59. The van der Waals surface area contributed by atoms with E-state index >= 15 is 0 Å². The number of aryl methyl sites for hydroxylation is 2. The van der Waals surface area contributed by atoms with Gasteiger partial charge in [-0.3, -0.25) is 9.36 Å². The molecule has 6 nitrogen and oxygen atoms in total. The minimum absolute atomic E-state index is 0.00599. The van der Waals surface area contributed by atoms with Gasteiger partial charge in [-0.25, -0.2) is 9.78 Å². The molecule has 1 aliphatic heterocycles. The minimum Gasteiger partial charge on any atom is -0.408 e. The maximum Gasteiger partial charge on any atom is 0.419 e. The first-order valence-corrected chi connectivity index (χ1v) is 9.16. The van der Waals surface area contributed by atoms with Crippen LogP contribution in [0.1, 0.15) is 39.0 Å². The fourth-order valence-electron chi connectivity index (χ4n) is 3.37. The summed E-state index contributed by atoms with van der Waals surface area (Å²) in [7, 11) is 1.64. The lowest BCUT2D eigenvalue weighted by Crippen LogP contribution is -2.39. The number of piperidine rings is 1. The highest BCUT2D eigenvalue weighted by atomic mass is 32.1. The third-order valence-electron chi connectivity index (χ3n) is 4.74. The smallest absolute Gasteiger partial charge is 0.408 e. The number of amides is 1. The van der Waals surface area contributed by atoms with E-state index in [2.05, 4.69) is 11.9 Å². The number of fused-ring (bicyclic) bond motifs is 1. The van der Waals surface area contributed by atoms with E-state index in [0.717, 1.165) is 24.4 Å². The van der Waals surface area contributed by atoms with Crippen LogP contribution in [0.5, 0.6) is 0 Å². The molecule has 0 spiro atoms. The first-order chi connectivity index (χ1) is 12.0. The molecule has 3 heterocycles. The first-order valence-electron chi connectivity index (χ1n) is 8.34. The second-order valence-corrected chi connectivity index (χ2v) is 7.78. The van der Waals surface area contributed by atoms with E-state index in [9.17, 15) is 9.59 Å². The Morgan fingerprint density at radius 1 is 1.40 bits per heavy atom. The molecule has 130 valence electrons. The number of oxazole rings is 1. The fourth-order valence-corrected chi connectivity index (χ4v) is 4.27. The number of hydrogen-bond acceptors (Lipinski definition) is 5. The van der Waals surface area contributed by atoms with Crippen LogP contribution in [0.4, 0.5) is 0 Å². The highest BCUT2D eigenvalue weighted by Gasteiger charge is 2.27. The second kappa shape index (κ2) is 6.15. The van der Waals surface area contributed by atoms with E-state index in [1.54, 1.807) is 36.6 Å². The largest absolute Gasteiger partial charge is 0.419 e. The molecule has 1 atom stereocenters. The number of aromatic nitrogens is 2. The van der Waals surface area contributed by atoms with Gasteiger partial charge in [-0.2, -0.15) is 0 Å². The van der Waals surface area contributed by atoms with Crippen LogP contribution in [0, 0.1) is 6.92 Å². The van der Waals surface area contributed by atoms with Crippen molar-refractivity contribution in [1.82, 2.24) is 14.5 Å². The number of carbonyl (C=O) groups is 1. The van der Waals surface area contributed by atoms with Crippen molar-refractivity contribution in [2.24, 2.45) is 7.05 Å². The molecule has 1 aromatic carbocycles. The minimum atomic E-state index is -0.420. The average Bonchev–Trinajstić information content (AvgIpc) is 3.18. The van der Waals surface area contributed by atoms with Crippen molar-refractivity contribution in [2.45, 2.75) is 25.7 Å². The van der Waals surface area contributed by atoms with Gasteiger partial charge in [-0.05, 0) is 38.0 Å². The molecule has 0 N–H and O–H groups in total. The highest BCUT2D eigenvalue weighted by Crippen LogP contribution is 2.30. The number of rotatable bonds is 2. The van der Waals surface area contributed by atoms with E-state index in [1.807, 2.05) is 11.1 Å². The van der Waals surface area contributed by atoms with Gasteiger partial charge < -0.3 is 9.32 Å². The zero-order chi connectivity index (χ0) is 17.6. The SMILES string of the molecule is Cc1cnc(C2CCCN(C(=O)c3ccc4oc(=O)n(C)c4c3)C2)s1. The maximum absolute atomic E-state index is 12.9. The van der Waals surface area contributed by atoms with Gasteiger partial charge in [0.05, 0.1) is 10.5 Å². The fraction of sp³-hybridized carbons (Fsp3) is 0.389. The average molecular weight is 357 g/mol. The van der Waals surface area contributed by atoms with Gasteiger partial charge in [0.2, 0.25) is 0 Å². The van der Waals surface area contributed by atoms with E-state index in [0.29, 0.717) is 29.1 Å². The van der Waals surface area contributed by atoms with E-state index in [-0.39, 0.29) is 5.91 Å². The lowest BCUT2D eigenvalue weighted by atomic mass is 9.98. The number of thiazole rings is 1. The van der Waals surface area contributed by atoms with Crippen LogP contribution < -0.4 is 5.76 Å². The van der Waals surface area contributed by atoms with Crippen LogP contribution in [0.2, 0.25) is 0 Å². The second-order valence-electron chi connectivity index (χ2n) is 6.51. The molecule has 4 rings (SSSR count). The summed E-state index contributed by atoms with van der Waals surface area (Å²) in [5.74, 6) is -0.122. The molecule has 1 saturated heterocycles. The van der Waals surface area contributed by atoms with Crippen molar-refractivity contribution in [3.8, 4) is 0 Å². The molecular weight excluding hydrogens is 338 g/mol. The Bertz CT molecular complexity index is 1000. The molecule has 0 radical (unpaired) electrons. The van der Waals surface area contributed by atoms with Crippen molar-refractivity contribution in [3.05, 3.63) is 50.4 Å². The summed E-state index contributed by atoms with van der Waals surface area (Å²) in [6.07, 6.45) is 3.93. The van der Waals surface area contributed by atoms with Gasteiger partial charge in [0, 0.05) is 42.7 Å². The van der Waals surface area contributed by atoms with Crippen LogP contribution in [0.3, 0.4) is 0 Å². The highest BCUT2D eigenvalue weighted by molar-refractivity contribution is 7.11. The molecule has 0 saturated carbocycles. The molecule has 7 heteroatoms. The summed E-state index contributed by atoms with van der Waals surface area (Å²) >= 11 is 1.71. The number of hydrogen-bond donors (Lipinski definition) is 0. The summed E-state index contributed by atoms with van der Waals surface area (Å²) in [6.45, 7) is 3.49. The van der Waals surface area contributed by atoms with Gasteiger partial charge in [0.25, 0.3) is 5.91 Å². The quantitative estimate of drug-likeness (QED) is 0.707. The van der Waals surface area contributed by atoms with Gasteiger partial charge in [0.15, 0.2) is 5.58 Å². The zero-order valence-electron chi connectivity index (χ0n) is 14.2. The topological polar surface area (TPSA) is 68.3 Å². The molecule has 0 bridgehead atoms. The van der Waals surface area contributed by atoms with Gasteiger partial charge in [0.1, 0.15) is 0 Å². The Labute approximate surface area is 148 Å². The van der Waals surface area contributed by atoms with Crippen molar-refractivity contribution in [1.29, 1.82) is 0 Å². The van der Waals surface area contributed by atoms with E-state index < -0.39 is 5.76 Å². The standard InChI is InChI=1S/C18H19N3O3S/c1-11-9-19-16(25-11)13-4-3-7-21(10-13)17(22)12-5-6-15-14(8-12)20(2)18(23)24-15/h5-6,8-9,13H,3-4,7,10H2,1-2H3. The Kier molecular flexibility index (Phi) is 3.95. The van der Waals surface area contributed by atoms with Crippen molar-refractivity contribution < 1.29 is 9.21 Å². The number of benzene rings is 1. The van der Waals surface area contributed by atoms with Crippen LogP contribution >= 0.6 is 11.3 Å². The molecule has 2 aromatic heterocycles. The molecule has 1 amide bonds. The van der Waals surface area contributed by atoms with Gasteiger partial charge in [-0.1, -0.05) is 0 Å². The molecule has 1 fully saturated rings. The summed E-state index contributed by atoms with van der Waals surface area (Å²) in [5.41, 5.74) is 1.72. The third-order valence-corrected chi connectivity index (χ3v) is 5.81. The molecular formula is C18H19N3O3S. The Morgan fingerprint density at radius 2 is 2.24 bits per heavy atom. The lowest BCUT2D eigenvalue weighted by Gasteiger charge is -2.32.